The summed E-state index contributed by atoms with van der Waals surface area (Å²) in [6.45, 7) is 0.667. The van der Waals surface area contributed by atoms with Crippen LogP contribution in [0.25, 0.3) is 0 Å². The van der Waals surface area contributed by atoms with E-state index < -0.39 is 30.4 Å². The van der Waals surface area contributed by atoms with Crippen molar-refractivity contribution in [2.75, 3.05) is 26.4 Å². The number of ether oxygens (including phenoxy) is 3. The molecule has 1 aromatic carbocycles. The quantitative estimate of drug-likeness (QED) is 0.782. The summed E-state index contributed by atoms with van der Waals surface area (Å²) in [4.78, 5) is 37.4. The number of carbonyl (C=O) groups excluding carboxylic acids is 3. The lowest BCUT2D eigenvalue weighted by Crippen LogP contribution is -2.51. The molecule has 0 spiro atoms. The Balaban J connectivity index is 1.64. The van der Waals surface area contributed by atoms with Crippen LogP contribution < -0.4 is 15.2 Å². The molecule has 9 heteroatoms. The summed E-state index contributed by atoms with van der Waals surface area (Å²) in [6.07, 6.45) is 2.13. The van der Waals surface area contributed by atoms with Gasteiger partial charge >= 0.3 is 5.97 Å². The zero-order valence-corrected chi connectivity index (χ0v) is 14.8. The van der Waals surface area contributed by atoms with Crippen molar-refractivity contribution in [2.24, 2.45) is 5.73 Å². The van der Waals surface area contributed by atoms with Crippen LogP contribution in [0.3, 0.4) is 0 Å². The van der Waals surface area contributed by atoms with Crippen molar-refractivity contribution in [2.45, 2.75) is 25.3 Å². The number of piperidine rings is 1. The molecule has 8 nitrogen and oxygen atoms in total. The Labute approximate surface area is 155 Å². The predicted octanol–water partition coefficient (Wildman–Crippen LogP) is 1.13. The van der Waals surface area contributed by atoms with Crippen molar-refractivity contribution in [1.29, 1.82) is 0 Å². The standard InChI is InChI=1S/C17H19ClN2O6/c18-11-7-10(8-13-15(11)25-6-5-24-13)17(23)26-9-14(21)20-4-2-1-3-12(20)16(19)22/h7-8,12H,1-6,9H2,(H2,19,22)/t12-/m0/s1. The highest BCUT2D eigenvalue weighted by atomic mass is 35.5. The van der Waals surface area contributed by atoms with Crippen LogP contribution in [0.4, 0.5) is 0 Å². The minimum Gasteiger partial charge on any atom is -0.486 e. The second kappa shape index (κ2) is 7.82. The molecular weight excluding hydrogens is 364 g/mol. The number of primary amides is 1. The number of halogens is 1. The van der Waals surface area contributed by atoms with Gasteiger partial charge in [0.25, 0.3) is 5.91 Å². The first-order valence-electron chi connectivity index (χ1n) is 8.32. The highest BCUT2D eigenvalue weighted by Gasteiger charge is 2.31. The number of nitrogens with two attached hydrogens (primary N) is 1. The third-order valence-corrected chi connectivity index (χ3v) is 4.59. The fraction of sp³-hybridized carbons (Fsp3) is 0.471. The molecule has 2 aliphatic rings. The summed E-state index contributed by atoms with van der Waals surface area (Å²) in [5, 5.41) is 0.227. The molecule has 0 saturated carbocycles. The molecule has 0 radical (unpaired) electrons. The number of esters is 1. The normalized spacial score (nSPS) is 19.0. The topological polar surface area (TPSA) is 108 Å². The van der Waals surface area contributed by atoms with E-state index in [0.29, 0.717) is 37.7 Å². The molecule has 26 heavy (non-hydrogen) atoms. The minimum atomic E-state index is -0.718. The lowest BCUT2D eigenvalue weighted by Gasteiger charge is -2.33. The highest BCUT2D eigenvalue weighted by Crippen LogP contribution is 2.38. The van der Waals surface area contributed by atoms with Crippen LogP contribution in [0, 0.1) is 0 Å². The van der Waals surface area contributed by atoms with E-state index in [1.165, 1.54) is 17.0 Å². The molecule has 0 aromatic heterocycles. The van der Waals surface area contributed by atoms with E-state index in [-0.39, 0.29) is 10.6 Å². The Morgan fingerprint density at radius 3 is 2.77 bits per heavy atom. The van der Waals surface area contributed by atoms with E-state index in [1.54, 1.807) is 0 Å². The average molecular weight is 383 g/mol. The molecular formula is C17H19ClN2O6. The molecule has 2 heterocycles. The van der Waals surface area contributed by atoms with E-state index in [9.17, 15) is 14.4 Å². The SMILES string of the molecule is NC(=O)[C@@H]1CCCCN1C(=O)COC(=O)c1cc(Cl)c2c(c1)OCCO2. The van der Waals surface area contributed by atoms with E-state index >= 15 is 0 Å². The third-order valence-electron chi connectivity index (χ3n) is 4.31. The molecule has 2 amide bonds. The van der Waals surface area contributed by atoms with Gasteiger partial charge in [-0.1, -0.05) is 11.6 Å². The number of amides is 2. The average Bonchev–Trinajstić information content (AvgIpc) is 2.65. The van der Waals surface area contributed by atoms with Crippen LogP contribution in [-0.2, 0) is 14.3 Å². The van der Waals surface area contributed by atoms with E-state index in [4.69, 9.17) is 31.5 Å². The summed E-state index contributed by atoms with van der Waals surface area (Å²) >= 11 is 6.09. The number of hydrogen-bond acceptors (Lipinski definition) is 6. The molecule has 140 valence electrons. The van der Waals surface area contributed by atoms with Gasteiger partial charge in [-0.15, -0.1) is 0 Å². The minimum absolute atomic E-state index is 0.150. The summed E-state index contributed by atoms with van der Waals surface area (Å²) in [6, 6.07) is 2.20. The zero-order chi connectivity index (χ0) is 18.7. The smallest absolute Gasteiger partial charge is 0.338 e. The predicted molar refractivity (Wildman–Crippen MR) is 91.3 cm³/mol. The van der Waals surface area contributed by atoms with Crippen molar-refractivity contribution >= 4 is 29.4 Å². The van der Waals surface area contributed by atoms with Crippen LogP contribution in [0.1, 0.15) is 29.6 Å². The summed E-state index contributed by atoms with van der Waals surface area (Å²) in [5.41, 5.74) is 5.49. The van der Waals surface area contributed by atoms with E-state index in [2.05, 4.69) is 0 Å². The fourth-order valence-electron chi connectivity index (χ4n) is 3.05. The van der Waals surface area contributed by atoms with Crippen molar-refractivity contribution in [3.8, 4) is 11.5 Å². The van der Waals surface area contributed by atoms with Crippen molar-refractivity contribution in [1.82, 2.24) is 4.90 Å². The first-order chi connectivity index (χ1) is 12.5. The Kier molecular flexibility index (Phi) is 5.51. The number of carbonyl (C=O) groups is 3. The maximum atomic E-state index is 12.3. The van der Waals surface area contributed by atoms with Gasteiger partial charge in [-0.25, -0.2) is 4.79 Å². The zero-order valence-electron chi connectivity index (χ0n) is 14.0. The van der Waals surface area contributed by atoms with Gasteiger partial charge in [-0.3, -0.25) is 9.59 Å². The van der Waals surface area contributed by atoms with Crippen LogP contribution >= 0.6 is 11.6 Å². The molecule has 2 aliphatic heterocycles. The molecule has 0 bridgehead atoms. The number of rotatable bonds is 4. The molecule has 0 aliphatic carbocycles. The van der Waals surface area contributed by atoms with Gasteiger partial charge in [-0.05, 0) is 31.4 Å². The van der Waals surface area contributed by atoms with Crippen LogP contribution in [0.2, 0.25) is 5.02 Å². The van der Waals surface area contributed by atoms with E-state index in [0.717, 1.165) is 12.8 Å². The largest absolute Gasteiger partial charge is 0.486 e. The molecule has 2 N–H and O–H groups in total. The molecule has 0 unspecified atom stereocenters. The van der Waals surface area contributed by atoms with Crippen molar-refractivity contribution < 1.29 is 28.6 Å². The maximum absolute atomic E-state index is 12.3. The fourth-order valence-corrected chi connectivity index (χ4v) is 3.31. The number of likely N-dealkylation sites (tertiary alicyclic amines) is 1. The highest BCUT2D eigenvalue weighted by molar-refractivity contribution is 6.32. The molecule has 1 atom stereocenters. The molecule has 1 saturated heterocycles. The van der Waals surface area contributed by atoms with Crippen LogP contribution in [0.15, 0.2) is 12.1 Å². The van der Waals surface area contributed by atoms with Gasteiger partial charge in [0.2, 0.25) is 5.91 Å². The van der Waals surface area contributed by atoms with Gasteiger partial charge in [0.05, 0.1) is 10.6 Å². The van der Waals surface area contributed by atoms with Crippen molar-refractivity contribution in [3.05, 3.63) is 22.7 Å². The summed E-state index contributed by atoms with van der Waals surface area (Å²) < 4.78 is 15.9. The summed E-state index contributed by atoms with van der Waals surface area (Å²) in [5.74, 6) is -0.992. The molecule has 3 rings (SSSR count). The Bertz CT molecular complexity index is 738. The maximum Gasteiger partial charge on any atom is 0.338 e. The number of hydrogen-bond donors (Lipinski definition) is 1. The van der Waals surface area contributed by atoms with Crippen LogP contribution in [-0.4, -0.2) is 55.1 Å². The second-order valence-electron chi connectivity index (χ2n) is 6.06. The van der Waals surface area contributed by atoms with E-state index in [1.807, 2.05) is 0 Å². The summed E-state index contributed by atoms with van der Waals surface area (Å²) in [7, 11) is 0. The molecule has 1 fully saturated rings. The van der Waals surface area contributed by atoms with Gasteiger partial charge in [-0.2, -0.15) is 0 Å². The Hall–Kier alpha value is -2.48. The number of benzene rings is 1. The Morgan fingerprint density at radius 2 is 2.00 bits per heavy atom. The van der Waals surface area contributed by atoms with Gasteiger partial charge in [0.1, 0.15) is 19.3 Å². The molecule has 1 aromatic rings. The second-order valence-corrected chi connectivity index (χ2v) is 6.47. The number of fused-ring (bicyclic) bond motifs is 1. The van der Waals surface area contributed by atoms with Gasteiger partial charge in [0.15, 0.2) is 18.1 Å². The number of nitrogens with zero attached hydrogens (tertiary/aromatic N) is 1. The third kappa shape index (κ3) is 3.85. The lowest BCUT2D eigenvalue weighted by molar-refractivity contribution is -0.143. The lowest BCUT2D eigenvalue weighted by atomic mass is 10.0. The van der Waals surface area contributed by atoms with Crippen molar-refractivity contribution in [3.63, 3.8) is 0 Å². The monoisotopic (exact) mass is 382 g/mol. The van der Waals surface area contributed by atoms with Crippen LogP contribution in [0.5, 0.6) is 11.5 Å². The first kappa shape index (κ1) is 18.3. The first-order valence-corrected chi connectivity index (χ1v) is 8.70. The van der Waals surface area contributed by atoms with Gasteiger partial charge in [0, 0.05) is 6.54 Å². The Morgan fingerprint density at radius 1 is 1.23 bits per heavy atom. The van der Waals surface area contributed by atoms with Gasteiger partial charge < -0.3 is 24.8 Å².